The first-order chi connectivity index (χ1) is 11.9. The second kappa shape index (κ2) is 7.25. The van der Waals surface area contributed by atoms with Gasteiger partial charge >= 0.3 is 0 Å². The Morgan fingerprint density at radius 3 is 2.68 bits per heavy atom. The minimum atomic E-state index is -0.229. The smallest absolute Gasteiger partial charge is 0.259 e. The zero-order chi connectivity index (χ0) is 18.0. The first-order valence-corrected chi connectivity index (χ1v) is 8.33. The molecule has 1 amide bonds. The van der Waals surface area contributed by atoms with E-state index in [1.165, 1.54) is 5.56 Å². The third-order valence-electron chi connectivity index (χ3n) is 3.74. The molecule has 0 aliphatic heterocycles. The molecule has 0 radical (unpaired) electrons. The van der Waals surface area contributed by atoms with Crippen molar-refractivity contribution < 1.29 is 9.32 Å². The van der Waals surface area contributed by atoms with Crippen molar-refractivity contribution in [3.63, 3.8) is 0 Å². The zero-order valence-electron chi connectivity index (χ0n) is 13.6. The van der Waals surface area contributed by atoms with Crippen molar-refractivity contribution in [2.75, 3.05) is 5.32 Å². The normalized spacial score (nSPS) is 10.7. The number of halogens is 2. The number of carbonyl (C=O) groups is 1. The fraction of sp³-hybridized carbons (Fsp3) is 0.167. The highest BCUT2D eigenvalue weighted by atomic mass is 35.5. The van der Waals surface area contributed by atoms with Gasteiger partial charge in [-0.15, -0.1) is 0 Å². The van der Waals surface area contributed by atoms with Gasteiger partial charge in [0, 0.05) is 10.7 Å². The summed E-state index contributed by atoms with van der Waals surface area (Å²) in [4.78, 5) is 16.4. The molecule has 5 nitrogen and oxygen atoms in total. The van der Waals surface area contributed by atoms with Crippen LogP contribution in [0.5, 0.6) is 0 Å². The maximum absolute atomic E-state index is 12.2. The maximum Gasteiger partial charge on any atom is 0.259 e. The molecular formula is C18H15Cl2N3O2. The van der Waals surface area contributed by atoms with Gasteiger partial charge in [-0.05, 0) is 55.3 Å². The standard InChI is InChI=1S/C18H15Cl2N3O2/c1-10-3-5-13(7-11(10)2)21-17(24)9-16-22-18(25-23-16)14-8-12(19)4-6-15(14)20/h3-8H,9H2,1-2H3,(H,21,24). The Labute approximate surface area is 155 Å². The molecule has 0 saturated heterocycles. The molecule has 0 fully saturated rings. The van der Waals surface area contributed by atoms with Crippen LogP contribution in [0, 0.1) is 13.8 Å². The lowest BCUT2D eigenvalue weighted by molar-refractivity contribution is -0.115. The van der Waals surface area contributed by atoms with E-state index in [0.29, 0.717) is 15.6 Å². The molecule has 3 aromatic rings. The second-order valence-corrected chi connectivity index (χ2v) is 6.51. The van der Waals surface area contributed by atoms with Crippen LogP contribution in [0.25, 0.3) is 11.5 Å². The van der Waals surface area contributed by atoms with Gasteiger partial charge in [-0.3, -0.25) is 4.79 Å². The number of amides is 1. The highest BCUT2D eigenvalue weighted by Crippen LogP contribution is 2.29. The van der Waals surface area contributed by atoms with Gasteiger partial charge in [0.25, 0.3) is 5.89 Å². The fourth-order valence-corrected chi connectivity index (χ4v) is 2.64. The molecule has 0 aliphatic rings. The van der Waals surface area contributed by atoms with Gasteiger partial charge in [-0.2, -0.15) is 4.98 Å². The van der Waals surface area contributed by atoms with E-state index in [2.05, 4.69) is 15.5 Å². The summed E-state index contributed by atoms with van der Waals surface area (Å²) < 4.78 is 5.19. The molecule has 1 N–H and O–H groups in total. The van der Waals surface area contributed by atoms with Crippen molar-refractivity contribution in [2.24, 2.45) is 0 Å². The first kappa shape index (κ1) is 17.5. The number of nitrogens with zero attached hydrogens (tertiary/aromatic N) is 2. The number of benzene rings is 2. The number of rotatable bonds is 4. The van der Waals surface area contributed by atoms with Gasteiger partial charge in [-0.25, -0.2) is 0 Å². The van der Waals surface area contributed by atoms with E-state index in [9.17, 15) is 4.79 Å². The van der Waals surface area contributed by atoms with E-state index in [1.54, 1.807) is 18.2 Å². The summed E-state index contributed by atoms with van der Waals surface area (Å²) in [6.45, 7) is 4.01. The second-order valence-electron chi connectivity index (χ2n) is 5.66. The van der Waals surface area contributed by atoms with Crippen LogP contribution in [0.4, 0.5) is 5.69 Å². The van der Waals surface area contributed by atoms with Crippen LogP contribution in [0.2, 0.25) is 10.0 Å². The predicted octanol–water partition coefficient (Wildman–Crippen LogP) is 4.84. The average Bonchev–Trinajstić information content (AvgIpc) is 3.01. The summed E-state index contributed by atoms with van der Waals surface area (Å²) >= 11 is 12.1. The molecule has 128 valence electrons. The van der Waals surface area contributed by atoms with Gasteiger partial charge in [0.1, 0.15) is 0 Å². The van der Waals surface area contributed by atoms with E-state index < -0.39 is 0 Å². The Morgan fingerprint density at radius 2 is 1.92 bits per heavy atom. The van der Waals surface area contributed by atoms with Gasteiger partial charge in [0.15, 0.2) is 5.82 Å². The number of hydrogen-bond donors (Lipinski definition) is 1. The molecule has 0 saturated carbocycles. The van der Waals surface area contributed by atoms with Gasteiger partial charge in [0.2, 0.25) is 5.91 Å². The Hall–Kier alpha value is -2.37. The van der Waals surface area contributed by atoms with Crippen LogP contribution in [-0.4, -0.2) is 16.0 Å². The molecule has 25 heavy (non-hydrogen) atoms. The molecule has 1 heterocycles. The third-order valence-corrected chi connectivity index (χ3v) is 4.30. The summed E-state index contributed by atoms with van der Waals surface area (Å²) in [7, 11) is 0. The largest absolute Gasteiger partial charge is 0.334 e. The number of anilines is 1. The first-order valence-electron chi connectivity index (χ1n) is 7.57. The van der Waals surface area contributed by atoms with E-state index >= 15 is 0 Å². The number of hydrogen-bond acceptors (Lipinski definition) is 4. The van der Waals surface area contributed by atoms with Crippen LogP contribution in [0.3, 0.4) is 0 Å². The van der Waals surface area contributed by atoms with Crippen LogP contribution in [0.15, 0.2) is 40.9 Å². The summed E-state index contributed by atoms with van der Waals surface area (Å²) in [6.07, 6.45) is -0.00535. The lowest BCUT2D eigenvalue weighted by Crippen LogP contribution is -2.15. The van der Waals surface area contributed by atoms with Crippen molar-refractivity contribution in [3.05, 3.63) is 63.4 Å². The minimum absolute atomic E-state index is 0.00535. The van der Waals surface area contributed by atoms with Gasteiger partial charge in [-0.1, -0.05) is 34.4 Å². The molecule has 0 unspecified atom stereocenters. The van der Waals surface area contributed by atoms with Crippen molar-refractivity contribution in [3.8, 4) is 11.5 Å². The van der Waals surface area contributed by atoms with Crippen molar-refractivity contribution >= 4 is 34.8 Å². The van der Waals surface area contributed by atoms with Crippen LogP contribution >= 0.6 is 23.2 Å². The molecule has 0 aliphatic carbocycles. The lowest BCUT2D eigenvalue weighted by Gasteiger charge is -2.06. The maximum atomic E-state index is 12.2. The van der Waals surface area contributed by atoms with Gasteiger partial charge in [0.05, 0.1) is 17.0 Å². The minimum Gasteiger partial charge on any atom is -0.334 e. The molecule has 2 aromatic carbocycles. The van der Waals surface area contributed by atoms with Crippen molar-refractivity contribution in [1.29, 1.82) is 0 Å². The zero-order valence-corrected chi connectivity index (χ0v) is 15.1. The Bertz CT molecular complexity index is 938. The van der Waals surface area contributed by atoms with E-state index in [0.717, 1.165) is 11.3 Å². The van der Waals surface area contributed by atoms with Crippen LogP contribution in [-0.2, 0) is 11.2 Å². The Morgan fingerprint density at radius 1 is 1.12 bits per heavy atom. The number of nitrogens with one attached hydrogen (secondary N) is 1. The summed E-state index contributed by atoms with van der Waals surface area (Å²) in [5.74, 6) is 0.265. The summed E-state index contributed by atoms with van der Waals surface area (Å²) in [5, 5.41) is 7.60. The van der Waals surface area contributed by atoms with Crippen LogP contribution < -0.4 is 5.32 Å². The summed E-state index contributed by atoms with van der Waals surface area (Å²) in [6, 6.07) is 10.7. The highest BCUT2D eigenvalue weighted by molar-refractivity contribution is 6.35. The SMILES string of the molecule is Cc1ccc(NC(=O)Cc2noc(-c3cc(Cl)ccc3Cl)n2)cc1C. The molecule has 3 rings (SSSR count). The van der Waals surface area contributed by atoms with Crippen LogP contribution in [0.1, 0.15) is 17.0 Å². The number of aromatic nitrogens is 2. The van der Waals surface area contributed by atoms with E-state index in [4.69, 9.17) is 27.7 Å². The molecule has 7 heteroatoms. The Balaban J connectivity index is 1.71. The Kier molecular flexibility index (Phi) is 5.06. The van der Waals surface area contributed by atoms with Crippen molar-refractivity contribution in [2.45, 2.75) is 20.3 Å². The number of aryl methyl sites for hydroxylation is 2. The highest BCUT2D eigenvalue weighted by Gasteiger charge is 2.15. The van der Waals surface area contributed by atoms with E-state index in [-0.39, 0.29) is 24.0 Å². The molecule has 0 spiro atoms. The average molecular weight is 376 g/mol. The van der Waals surface area contributed by atoms with Gasteiger partial charge < -0.3 is 9.84 Å². The third kappa shape index (κ3) is 4.18. The van der Waals surface area contributed by atoms with E-state index in [1.807, 2.05) is 32.0 Å². The summed E-state index contributed by atoms with van der Waals surface area (Å²) in [5.41, 5.74) is 3.53. The molecular weight excluding hydrogens is 361 g/mol. The topological polar surface area (TPSA) is 68.0 Å². The van der Waals surface area contributed by atoms with Crippen molar-refractivity contribution in [1.82, 2.24) is 10.1 Å². The molecule has 0 bridgehead atoms. The quantitative estimate of drug-likeness (QED) is 0.707. The molecule has 0 atom stereocenters. The lowest BCUT2D eigenvalue weighted by atomic mass is 10.1. The molecule has 1 aromatic heterocycles. The fourth-order valence-electron chi connectivity index (χ4n) is 2.26. The number of carbonyl (C=O) groups excluding carboxylic acids is 1. The predicted molar refractivity (Wildman–Crippen MR) is 98.0 cm³/mol. The monoisotopic (exact) mass is 375 g/mol.